The lowest BCUT2D eigenvalue weighted by molar-refractivity contribution is -0.124. The molecular formula is C16H22N2O7S. The molecule has 0 unspecified atom stereocenters. The first kappa shape index (κ1) is 20.1. The van der Waals surface area contributed by atoms with Crippen molar-refractivity contribution in [3.05, 3.63) is 23.8 Å². The average molecular weight is 386 g/mol. The fourth-order valence-corrected chi connectivity index (χ4v) is 3.56. The van der Waals surface area contributed by atoms with Crippen molar-refractivity contribution in [2.75, 3.05) is 34.0 Å². The van der Waals surface area contributed by atoms with Gasteiger partial charge in [0.25, 0.3) is 5.91 Å². The van der Waals surface area contributed by atoms with E-state index in [1.807, 2.05) is 0 Å². The molecule has 0 saturated heterocycles. The van der Waals surface area contributed by atoms with Crippen molar-refractivity contribution in [2.45, 2.75) is 23.8 Å². The molecule has 1 aliphatic carbocycles. The number of sulfonamides is 1. The lowest BCUT2D eigenvalue weighted by Crippen LogP contribution is -2.31. The second-order valence-electron chi connectivity index (χ2n) is 5.68. The maximum atomic E-state index is 12.4. The van der Waals surface area contributed by atoms with Gasteiger partial charge in [0.2, 0.25) is 10.0 Å². The number of benzene rings is 1. The van der Waals surface area contributed by atoms with Crippen LogP contribution in [0.2, 0.25) is 0 Å². The van der Waals surface area contributed by atoms with E-state index < -0.39 is 28.5 Å². The largest absolute Gasteiger partial charge is 0.495 e. The number of carbonyl (C=O) groups excluding carboxylic acids is 2. The molecule has 1 saturated carbocycles. The highest BCUT2D eigenvalue weighted by Gasteiger charge is 2.30. The van der Waals surface area contributed by atoms with E-state index in [2.05, 4.69) is 10.0 Å². The standard InChI is InChI=1S/C16H22N2O7S/c1-23-8-7-17-15(19)10-25-16(20)11-3-6-13(24-2)14(9-11)26(21,22)18-12-4-5-12/h3,6,9,12,18H,4-5,7-8,10H2,1-2H3,(H,17,19). The molecule has 1 aliphatic rings. The van der Waals surface area contributed by atoms with Gasteiger partial charge >= 0.3 is 5.97 Å². The molecule has 0 bridgehead atoms. The minimum absolute atomic E-state index is 0.00617. The zero-order chi connectivity index (χ0) is 19.2. The van der Waals surface area contributed by atoms with Crippen LogP contribution in [0.1, 0.15) is 23.2 Å². The predicted octanol–water partition coefficient (Wildman–Crippen LogP) is 0.0553. The van der Waals surface area contributed by atoms with Crippen molar-refractivity contribution in [3.8, 4) is 5.75 Å². The van der Waals surface area contributed by atoms with Gasteiger partial charge in [-0.3, -0.25) is 4.79 Å². The SMILES string of the molecule is COCCNC(=O)COC(=O)c1ccc(OC)c(S(=O)(=O)NC2CC2)c1. The second-order valence-corrected chi connectivity index (χ2v) is 7.36. The number of rotatable bonds is 10. The minimum atomic E-state index is -3.82. The number of hydrogen-bond acceptors (Lipinski definition) is 7. The summed E-state index contributed by atoms with van der Waals surface area (Å²) in [4.78, 5) is 23.5. The Balaban J connectivity index is 2.05. The Labute approximate surface area is 152 Å². The Morgan fingerprint density at radius 2 is 1.96 bits per heavy atom. The molecule has 1 fully saturated rings. The molecule has 0 aliphatic heterocycles. The van der Waals surface area contributed by atoms with E-state index in [1.165, 1.54) is 32.4 Å². The van der Waals surface area contributed by atoms with Crippen molar-refractivity contribution < 1.29 is 32.2 Å². The average Bonchev–Trinajstić information content (AvgIpc) is 3.42. The molecule has 2 N–H and O–H groups in total. The molecule has 0 aromatic heterocycles. The van der Waals surface area contributed by atoms with Gasteiger partial charge in [0.05, 0.1) is 19.3 Å². The van der Waals surface area contributed by atoms with Gasteiger partial charge in [-0.25, -0.2) is 17.9 Å². The van der Waals surface area contributed by atoms with Gasteiger partial charge in [-0.15, -0.1) is 0 Å². The number of esters is 1. The number of hydrogen-bond donors (Lipinski definition) is 2. The van der Waals surface area contributed by atoms with Gasteiger partial charge in [0, 0.05) is 19.7 Å². The molecule has 1 amide bonds. The zero-order valence-corrected chi connectivity index (χ0v) is 15.4. The Morgan fingerprint density at radius 1 is 1.23 bits per heavy atom. The summed E-state index contributed by atoms with van der Waals surface area (Å²) in [5, 5.41) is 2.51. The lowest BCUT2D eigenvalue weighted by atomic mass is 10.2. The maximum Gasteiger partial charge on any atom is 0.338 e. The Kier molecular flexibility index (Phi) is 6.95. The first-order valence-corrected chi connectivity index (χ1v) is 9.49. The first-order valence-electron chi connectivity index (χ1n) is 8.00. The van der Waals surface area contributed by atoms with Crippen LogP contribution in [0.25, 0.3) is 0 Å². The van der Waals surface area contributed by atoms with E-state index in [0.717, 1.165) is 12.8 Å². The second kappa shape index (κ2) is 8.97. The molecule has 10 heteroatoms. The van der Waals surface area contributed by atoms with E-state index in [0.29, 0.717) is 13.2 Å². The summed E-state index contributed by atoms with van der Waals surface area (Å²) in [6, 6.07) is 3.84. The van der Waals surface area contributed by atoms with Crippen LogP contribution in [-0.4, -0.2) is 60.3 Å². The molecule has 0 heterocycles. The van der Waals surface area contributed by atoms with E-state index in [1.54, 1.807) is 0 Å². The van der Waals surface area contributed by atoms with Gasteiger partial charge in [-0.05, 0) is 31.0 Å². The highest BCUT2D eigenvalue weighted by Crippen LogP contribution is 2.28. The lowest BCUT2D eigenvalue weighted by Gasteiger charge is -2.12. The van der Waals surface area contributed by atoms with Gasteiger partial charge in [0.1, 0.15) is 10.6 Å². The van der Waals surface area contributed by atoms with E-state index in [-0.39, 0.29) is 22.3 Å². The topological polar surface area (TPSA) is 120 Å². The van der Waals surface area contributed by atoms with Gasteiger partial charge < -0.3 is 19.5 Å². The molecule has 9 nitrogen and oxygen atoms in total. The van der Waals surface area contributed by atoms with E-state index in [4.69, 9.17) is 14.2 Å². The summed E-state index contributed by atoms with van der Waals surface area (Å²) in [5.41, 5.74) is 0.00617. The van der Waals surface area contributed by atoms with Gasteiger partial charge in [0.15, 0.2) is 6.61 Å². The summed E-state index contributed by atoms with van der Waals surface area (Å²) in [7, 11) is -0.977. The predicted molar refractivity (Wildman–Crippen MR) is 91.5 cm³/mol. The summed E-state index contributed by atoms with van der Waals surface area (Å²) < 4.78 is 42.2. The number of methoxy groups -OCH3 is 2. The summed E-state index contributed by atoms with van der Waals surface area (Å²) in [6.45, 7) is 0.162. The molecular weight excluding hydrogens is 364 g/mol. The highest BCUT2D eigenvalue weighted by atomic mass is 32.2. The third kappa shape index (κ3) is 5.68. The summed E-state index contributed by atoms with van der Waals surface area (Å²) >= 11 is 0. The van der Waals surface area contributed by atoms with Gasteiger partial charge in [-0.2, -0.15) is 0 Å². The molecule has 144 valence electrons. The molecule has 26 heavy (non-hydrogen) atoms. The van der Waals surface area contributed by atoms with Crippen molar-refractivity contribution in [1.29, 1.82) is 0 Å². The normalized spacial score (nSPS) is 13.9. The van der Waals surface area contributed by atoms with Crippen molar-refractivity contribution in [2.24, 2.45) is 0 Å². The number of ether oxygens (including phenoxy) is 3. The maximum absolute atomic E-state index is 12.4. The highest BCUT2D eigenvalue weighted by molar-refractivity contribution is 7.89. The van der Waals surface area contributed by atoms with Crippen molar-refractivity contribution >= 4 is 21.9 Å². The fraction of sp³-hybridized carbons (Fsp3) is 0.500. The molecule has 1 aromatic rings. The third-order valence-electron chi connectivity index (χ3n) is 3.55. The minimum Gasteiger partial charge on any atom is -0.495 e. The number of amides is 1. The number of carbonyl (C=O) groups is 2. The van der Waals surface area contributed by atoms with Crippen molar-refractivity contribution in [3.63, 3.8) is 0 Å². The van der Waals surface area contributed by atoms with Crippen LogP contribution in [0.15, 0.2) is 23.1 Å². The monoisotopic (exact) mass is 386 g/mol. The molecule has 1 aromatic carbocycles. The van der Waals surface area contributed by atoms with Crippen molar-refractivity contribution in [1.82, 2.24) is 10.0 Å². The smallest absolute Gasteiger partial charge is 0.338 e. The fourth-order valence-electron chi connectivity index (χ4n) is 2.06. The zero-order valence-electron chi connectivity index (χ0n) is 14.6. The van der Waals surface area contributed by atoms with Gasteiger partial charge in [-0.1, -0.05) is 0 Å². The molecule has 0 spiro atoms. The van der Waals surface area contributed by atoms with Crippen LogP contribution < -0.4 is 14.8 Å². The quantitative estimate of drug-likeness (QED) is 0.431. The molecule has 2 rings (SSSR count). The summed E-state index contributed by atoms with van der Waals surface area (Å²) in [5.74, 6) is -1.17. The number of nitrogens with one attached hydrogen (secondary N) is 2. The summed E-state index contributed by atoms with van der Waals surface area (Å²) in [6.07, 6.45) is 1.56. The van der Waals surface area contributed by atoms with Crippen LogP contribution in [0, 0.1) is 0 Å². The Bertz CT molecular complexity index is 760. The van der Waals surface area contributed by atoms with E-state index in [9.17, 15) is 18.0 Å². The van der Waals surface area contributed by atoms with Crippen LogP contribution >= 0.6 is 0 Å². The van der Waals surface area contributed by atoms with Crippen LogP contribution in [-0.2, 0) is 24.3 Å². The third-order valence-corrected chi connectivity index (χ3v) is 5.09. The molecule has 0 atom stereocenters. The Hall–Kier alpha value is -2.17. The van der Waals surface area contributed by atoms with Crippen LogP contribution in [0.4, 0.5) is 0 Å². The Morgan fingerprint density at radius 3 is 2.58 bits per heavy atom. The van der Waals surface area contributed by atoms with E-state index >= 15 is 0 Å². The first-order chi connectivity index (χ1) is 12.4. The van der Waals surface area contributed by atoms with Crippen LogP contribution in [0.3, 0.4) is 0 Å². The van der Waals surface area contributed by atoms with Crippen LogP contribution in [0.5, 0.6) is 5.75 Å². The molecule has 0 radical (unpaired) electrons.